The van der Waals surface area contributed by atoms with E-state index in [4.69, 9.17) is 5.73 Å². The number of amides is 1. The number of nitrogens with one attached hydrogen (secondary N) is 1. The minimum absolute atomic E-state index is 0.0470. The number of hydrogen-bond acceptors (Lipinski definition) is 2. The third-order valence-electron chi connectivity index (χ3n) is 2.66. The molecule has 84 valence electrons. The van der Waals surface area contributed by atoms with E-state index in [0.717, 1.165) is 16.6 Å². The number of carbonyl (C=O) groups excluding carboxylic acids is 1. The van der Waals surface area contributed by atoms with Crippen LogP contribution in [0.25, 0.3) is 10.9 Å². The lowest BCUT2D eigenvalue weighted by atomic mass is 10.2. The number of nitrogen functional groups attached to an aromatic ring is 1. The number of hydrogen-bond donors (Lipinski definition) is 2. The first-order valence-electron chi connectivity index (χ1n) is 5.25. The van der Waals surface area contributed by atoms with Crippen molar-refractivity contribution >= 4 is 22.5 Å². The molecule has 1 heterocycles. The third-order valence-corrected chi connectivity index (χ3v) is 2.66. The summed E-state index contributed by atoms with van der Waals surface area (Å²) in [6.07, 6.45) is 2.46. The predicted octanol–water partition coefficient (Wildman–Crippen LogP) is 1.36. The number of nitrogens with zero attached hydrogens (tertiary/aromatic N) is 1. The molecule has 0 atom stereocenters. The van der Waals surface area contributed by atoms with Crippen LogP contribution in [0.4, 0.5) is 5.69 Å². The molecule has 0 fully saturated rings. The lowest BCUT2D eigenvalue weighted by Gasteiger charge is -2.05. The summed E-state index contributed by atoms with van der Waals surface area (Å²) in [4.78, 5) is 11.2. The van der Waals surface area contributed by atoms with Crippen LogP contribution in [0.2, 0.25) is 0 Å². The monoisotopic (exact) mass is 217 g/mol. The van der Waals surface area contributed by atoms with E-state index >= 15 is 0 Å². The highest BCUT2D eigenvalue weighted by atomic mass is 16.1. The van der Waals surface area contributed by atoms with E-state index in [1.807, 2.05) is 35.0 Å². The zero-order chi connectivity index (χ0) is 11.5. The third kappa shape index (κ3) is 2.00. The summed E-state index contributed by atoms with van der Waals surface area (Å²) in [6.45, 7) is 0.673. The molecule has 2 aromatic rings. The molecule has 0 aliphatic rings. The molecule has 1 aromatic heterocycles. The Morgan fingerprint density at radius 1 is 1.44 bits per heavy atom. The SMILES string of the molecule is CNC(=O)CCn1ccc2ccc(N)cc21. The number of rotatable bonds is 3. The van der Waals surface area contributed by atoms with E-state index in [1.54, 1.807) is 7.05 Å². The van der Waals surface area contributed by atoms with Crippen LogP contribution in [0.1, 0.15) is 6.42 Å². The fourth-order valence-corrected chi connectivity index (χ4v) is 1.74. The first-order valence-corrected chi connectivity index (χ1v) is 5.25. The maximum atomic E-state index is 11.2. The molecule has 16 heavy (non-hydrogen) atoms. The molecule has 2 rings (SSSR count). The van der Waals surface area contributed by atoms with Gasteiger partial charge in [0.25, 0.3) is 0 Å². The Morgan fingerprint density at radius 3 is 3.00 bits per heavy atom. The van der Waals surface area contributed by atoms with Gasteiger partial charge in [-0.3, -0.25) is 4.79 Å². The number of nitrogens with two attached hydrogens (primary N) is 1. The smallest absolute Gasteiger partial charge is 0.221 e. The molecule has 4 heteroatoms. The van der Waals surface area contributed by atoms with Gasteiger partial charge in [0.1, 0.15) is 0 Å². The maximum Gasteiger partial charge on any atom is 0.221 e. The van der Waals surface area contributed by atoms with E-state index in [1.165, 1.54) is 0 Å². The van der Waals surface area contributed by atoms with E-state index < -0.39 is 0 Å². The van der Waals surface area contributed by atoms with Crippen molar-refractivity contribution in [3.63, 3.8) is 0 Å². The highest BCUT2D eigenvalue weighted by Crippen LogP contribution is 2.18. The Labute approximate surface area is 94.0 Å². The van der Waals surface area contributed by atoms with Crippen molar-refractivity contribution in [1.82, 2.24) is 9.88 Å². The van der Waals surface area contributed by atoms with Crippen molar-refractivity contribution in [1.29, 1.82) is 0 Å². The van der Waals surface area contributed by atoms with Gasteiger partial charge >= 0.3 is 0 Å². The lowest BCUT2D eigenvalue weighted by molar-refractivity contribution is -0.120. The van der Waals surface area contributed by atoms with Crippen LogP contribution in [0, 0.1) is 0 Å². The zero-order valence-electron chi connectivity index (χ0n) is 9.23. The van der Waals surface area contributed by atoms with Gasteiger partial charge in [-0.1, -0.05) is 6.07 Å². The van der Waals surface area contributed by atoms with Crippen molar-refractivity contribution in [2.24, 2.45) is 0 Å². The largest absolute Gasteiger partial charge is 0.399 e. The Hall–Kier alpha value is -1.97. The van der Waals surface area contributed by atoms with Crippen molar-refractivity contribution in [2.45, 2.75) is 13.0 Å². The second-order valence-electron chi connectivity index (χ2n) is 3.75. The molecular formula is C12H15N3O. The summed E-state index contributed by atoms with van der Waals surface area (Å²) in [5, 5.41) is 3.75. The average molecular weight is 217 g/mol. The predicted molar refractivity (Wildman–Crippen MR) is 65.0 cm³/mol. The quantitative estimate of drug-likeness (QED) is 0.763. The van der Waals surface area contributed by atoms with Gasteiger partial charge in [-0.2, -0.15) is 0 Å². The Morgan fingerprint density at radius 2 is 2.25 bits per heavy atom. The zero-order valence-corrected chi connectivity index (χ0v) is 9.23. The first-order chi connectivity index (χ1) is 7.70. The van der Waals surface area contributed by atoms with Gasteiger partial charge in [-0.15, -0.1) is 0 Å². The summed E-state index contributed by atoms with van der Waals surface area (Å²) in [5.41, 5.74) is 7.56. The molecule has 4 nitrogen and oxygen atoms in total. The summed E-state index contributed by atoms with van der Waals surface area (Å²) in [7, 11) is 1.65. The van der Waals surface area contributed by atoms with Crippen LogP contribution >= 0.6 is 0 Å². The van der Waals surface area contributed by atoms with Crippen molar-refractivity contribution in [3.8, 4) is 0 Å². The number of fused-ring (bicyclic) bond motifs is 1. The number of benzene rings is 1. The van der Waals surface area contributed by atoms with Gasteiger partial charge in [-0.05, 0) is 23.6 Å². The van der Waals surface area contributed by atoms with Gasteiger partial charge in [-0.25, -0.2) is 0 Å². The standard InChI is InChI=1S/C12H15N3O/c1-14-12(16)5-7-15-6-4-9-2-3-10(13)8-11(9)15/h2-4,6,8H,5,7,13H2,1H3,(H,14,16). The molecule has 0 aliphatic carbocycles. The highest BCUT2D eigenvalue weighted by molar-refractivity contribution is 5.83. The van der Waals surface area contributed by atoms with Gasteiger partial charge in [0.15, 0.2) is 0 Å². The molecule has 0 radical (unpaired) electrons. The Bertz CT molecular complexity index is 516. The van der Waals surface area contributed by atoms with Crippen LogP contribution in [-0.4, -0.2) is 17.5 Å². The van der Waals surface area contributed by atoms with Crippen LogP contribution in [0.3, 0.4) is 0 Å². The highest BCUT2D eigenvalue weighted by Gasteiger charge is 2.03. The van der Waals surface area contributed by atoms with Gasteiger partial charge < -0.3 is 15.6 Å². The molecule has 0 saturated heterocycles. The molecule has 0 saturated carbocycles. The second kappa shape index (κ2) is 4.26. The number of carbonyl (C=O) groups is 1. The number of aryl methyl sites for hydroxylation is 1. The van der Waals surface area contributed by atoms with Crippen molar-refractivity contribution in [3.05, 3.63) is 30.5 Å². The molecular weight excluding hydrogens is 202 g/mol. The lowest BCUT2D eigenvalue weighted by Crippen LogP contribution is -2.19. The number of anilines is 1. The minimum atomic E-state index is 0.0470. The summed E-state index contributed by atoms with van der Waals surface area (Å²) >= 11 is 0. The second-order valence-corrected chi connectivity index (χ2v) is 3.75. The van der Waals surface area contributed by atoms with Crippen LogP contribution in [-0.2, 0) is 11.3 Å². The molecule has 0 spiro atoms. The van der Waals surface area contributed by atoms with Crippen molar-refractivity contribution in [2.75, 3.05) is 12.8 Å². The number of aromatic nitrogens is 1. The van der Waals surface area contributed by atoms with Crippen LogP contribution in [0.5, 0.6) is 0 Å². The Kier molecular flexibility index (Phi) is 2.81. The van der Waals surface area contributed by atoms with Gasteiger partial charge in [0, 0.05) is 31.9 Å². The first kappa shape index (κ1) is 10.5. The van der Waals surface area contributed by atoms with Crippen molar-refractivity contribution < 1.29 is 4.79 Å². The van der Waals surface area contributed by atoms with Crippen LogP contribution in [0.15, 0.2) is 30.5 Å². The van der Waals surface area contributed by atoms with E-state index in [-0.39, 0.29) is 5.91 Å². The molecule has 0 unspecified atom stereocenters. The molecule has 1 amide bonds. The summed E-state index contributed by atoms with van der Waals surface area (Å²) in [5.74, 6) is 0.0470. The van der Waals surface area contributed by atoms with E-state index in [2.05, 4.69) is 5.32 Å². The van der Waals surface area contributed by atoms with E-state index in [0.29, 0.717) is 13.0 Å². The average Bonchev–Trinajstić information content (AvgIpc) is 2.68. The summed E-state index contributed by atoms with van der Waals surface area (Å²) in [6, 6.07) is 7.82. The molecule has 0 aliphatic heterocycles. The normalized spacial score (nSPS) is 10.6. The maximum absolute atomic E-state index is 11.2. The fourth-order valence-electron chi connectivity index (χ4n) is 1.74. The molecule has 3 N–H and O–H groups in total. The Balaban J connectivity index is 2.24. The molecule has 1 aromatic carbocycles. The topological polar surface area (TPSA) is 60.0 Å². The summed E-state index contributed by atoms with van der Waals surface area (Å²) < 4.78 is 2.04. The fraction of sp³-hybridized carbons (Fsp3) is 0.250. The van der Waals surface area contributed by atoms with Crippen LogP contribution < -0.4 is 11.1 Å². The van der Waals surface area contributed by atoms with Gasteiger partial charge in [0.2, 0.25) is 5.91 Å². The molecule has 0 bridgehead atoms. The minimum Gasteiger partial charge on any atom is -0.399 e. The van der Waals surface area contributed by atoms with E-state index in [9.17, 15) is 4.79 Å². The van der Waals surface area contributed by atoms with Gasteiger partial charge in [0.05, 0.1) is 5.52 Å².